The van der Waals surface area contributed by atoms with Crippen LogP contribution in [-0.4, -0.2) is 37.8 Å². The molecule has 7 atom stereocenters. The van der Waals surface area contributed by atoms with Gasteiger partial charge in [0.1, 0.15) is 5.75 Å². The van der Waals surface area contributed by atoms with Crippen molar-refractivity contribution in [1.82, 2.24) is 4.90 Å². The lowest BCUT2D eigenvalue weighted by molar-refractivity contribution is -0.118. The maximum atomic E-state index is 6.06. The summed E-state index contributed by atoms with van der Waals surface area (Å²) in [4.78, 5) is 2.78. The number of hydrogen-bond acceptors (Lipinski definition) is 3. The molecule has 2 saturated heterocycles. The number of benzene rings is 1. The van der Waals surface area contributed by atoms with Gasteiger partial charge in [-0.05, 0) is 53.9 Å². The van der Waals surface area contributed by atoms with Crippen molar-refractivity contribution in [2.75, 3.05) is 20.8 Å². The van der Waals surface area contributed by atoms with Crippen molar-refractivity contribution < 1.29 is 9.47 Å². The van der Waals surface area contributed by atoms with E-state index < -0.39 is 0 Å². The molecule has 3 heteroatoms. The summed E-state index contributed by atoms with van der Waals surface area (Å²) in [6.07, 6.45) is 6.09. The molecule has 1 aromatic rings. The first-order valence-electron chi connectivity index (χ1n) is 9.18. The van der Waals surface area contributed by atoms with Crippen LogP contribution in [0.1, 0.15) is 36.9 Å². The molecule has 1 saturated carbocycles. The molecule has 4 bridgehead atoms. The highest BCUT2D eigenvalue weighted by molar-refractivity contribution is 5.47. The van der Waals surface area contributed by atoms with Crippen molar-refractivity contribution in [3.8, 4) is 5.75 Å². The summed E-state index contributed by atoms with van der Waals surface area (Å²) in [5.41, 5.74) is 3.39. The Morgan fingerprint density at radius 2 is 2.17 bits per heavy atom. The van der Waals surface area contributed by atoms with E-state index in [4.69, 9.17) is 9.47 Å². The van der Waals surface area contributed by atoms with Crippen molar-refractivity contribution >= 4 is 0 Å². The van der Waals surface area contributed by atoms with E-state index >= 15 is 0 Å². The van der Waals surface area contributed by atoms with Crippen LogP contribution in [0.15, 0.2) is 30.9 Å². The molecule has 0 N–H and O–H groups in total. The lowest BCUT2D eigenvalue weighted by atomic mass is 9.51. The highest BCUT2D eigenvalue weighted by Crippen LogP contribution is 2.73. The third kappa shape index (κ3) is 1.48. The van der Waals surface area contributed by atoms with E-state index in [0.717, 1.165) is 18.6 Å². The van der Waals surface area contributed by atoms with Gasteiger partial charge in [0.15, 0.2) is 0 Å². The fraction of sp³-hybridized carbons (Fsp3) is 0.619. The quantitative estimate of drug-likeness (QED) is 0.793. The van der Waals surface area contributed by atoms with E-state index in [1.54, 1.807) is 7.11 Å². The predicted molar refractivity (Wildman–Crippen MR) is 94.2 cm³/mol. The molecule has 5 rings (SSSR count). The molecular weight excluding hydrogens is 298 g/mol. The third-order valence-corrected chi connectivity index (χ3v) is 7.70. The molecule has 4 unspecified atom stereocenters. The lowest BCUT2D eigenvalue weighted by Crippen LogP contribution is -2.57. The molecule has 3 aliphatic heterocycles. The largest absolute Gasteiger partial charge is 0.497 e. The summed E-state index contributed by atoms with van der Waals surface area (Å²) in [5, 5.41) is 0. The third-order valence-electron chi connectivity index (χ3n) is 7.70. The number of fused-ring (bicyclic) bond motifs is 3. The Labute approximate surface area is 144 Å². The fourth-order valence-corrected chi connectivity index (χ4v) is 7.04. The van der Waals surface area contributed by atoms with Crippen molar-refractivity contribution in [2.24, 2.45) is 16.7 Å². The van der Waals surface area contributed by atoms with Crippen molar-refractivity contribution in [1.29, 1.82) is 0 Å². The van der Waals surface area contributed by atoms with E-state index in [9.17, 15) is 0 Å². The molecule has 1 aromatic carbocycles. The zero-order chi connectivity index (χ0) is 16.7. The Kier molecular flexibility index (Phi) is 2.90. The van der Waals surface area contributed by atoms with Crippen LogP contribution in [0.3, 0.4) is 0 Å². The van der Waals surface area contributed by atoms with Crippen molar-refractivity contribution in [3.05, 3.63) is 42.0 Å². The number of rotatable bonds is 3. The minimum Gasteiger partial charge on any atom is -0.497 e. The van der Waals surface area contributed by atoms with E-state index in [0.29, 0.717) is 23.4 Å². The summed E-state index contributed by atoms with van der Waals surface area (Å²) in [5.74, 6) is 1.62. The van der Waals surface area contributed by atoms with Gasteiger partial charge in [-0.2, -0.15) is 0 Å². The molecular formula is C21H27NO2. The molecule has 24 heavy (non-hydrogen) atoms. The minimum absolute atomic E-state index is 0.0461. The van der Waals surface area contributed by atoms with Gasteiger partial charge in [0, 0.05) is 31.2 Å². The monoisotopic (exact) mass is 325 g/mol. The Hall–Kier alpha value is -1.32. The van der Waals surface area contributed by atoms with Crippen molar-refractivity contribution in [3.63, 3.8) is 0 Å². The molecule has 0 spiro atoms. The van der Waals surface area contributed by atoms with E-state index in [2.05, 4.69) is 42.7 Å². The molecule has 3 heterocycles. The molecule has 3 fully saturated rings. The van der Waals surface area contributed by atoms with Crippen LogP contribution in [0.4, 0.5) is 0 Å². The highest BCUT2D eigenvalue weighted by Gasteiger charge is 2.74. The molecule has 0 amide bonds. The number of methoxy groups -OCH3 is 2. The van der Waals surface area contributed by atoms with Gasteiger partial charge in [-0.15, -0.1) is 6.58 Å². The molecule has 1 aliphatic carbocycles. The fourth-order valence-electron chi connectivity index (χ4n) is 7.04. The number of nitrogens with zero attached hydrogens (tertiary/aromatic N) is 1. The summed E-state index contributed by atoms with van der Waals surface area (Å²) in [7, 11) is 3.64. The van der Waals surface area contributed by atoms with Gasteiger partial charge in [0.2, 0.25) is 0 Å². The lowest BCUT2D eigenvalue weighted by Gasteiger charge is -2.57. The first-order valence-corrected chi connectivity index (χ1v) is 9.18. The Bertz CT molecular complexity index is 716. The first kappa shape index (κ1) is 15.0. The van der Waals surface area contributed by atoms with E-state index in [-0.39, 0.29) is 11.5 Å². The van der Waals surface area contributed by atoms with Crippen LogP contribution in [0.2, 0.25) is 0 Å². The topological polar surface area (TPSA) is 21.7 Å². The molecule has 4 aliphatic rings. The second kappa shape index (κ2) is 4.64. The van der Waals surface area contributed by atoms with Crippen LogP contribution in [0, 0.1) is 16.7 Å². The standard InChI is InChI=1S/C21H27NO2/c1-5-21-17(24-4)8-9-20(2)12-22-16(18(20)21)11-13-10-14(23-3)6-7-15(13)19(21)22/h5-7,10,16-19H,1,8-9,11-12H2,2-4H3/t16-,17?,18-,19-,20?,21?/m1/s1. The predicted octanol–water partition coefficient (Wildman–Crippen LogP) is 3.59. The first-order chi connectivity index (χ1) is 11.6. The molecule has 0 aromatic heterocycles. The SMILES string of the molecule is C=CC12C(OC)CCC3(C)CN4[C@H](Cc5cc(OC)ccc5[C@@H]41)[C@H]32. The molecule has 128 valence electrons. The molecule has 3 nitrogen and oxygen atoms in total. The average Bonchev–Trinajstić information content (AvgIpc) is 2.99. The number of ether oxygens (including phenoxy) is 2. The molecule has 0 radical (unpaired) electrons. The number of piperidine rings is 1. The van der Waals surface area contributed by atoms with Crippen LogP contribution in [0.5, 0.6) is 5.75 Å². The maximum absolute atomic E-state index is 6.06. The van der Waals surface area contributed by atoms with E-state index in [1.807, 2.05) is 7.11 Å². The minimum atomic E-state index is 0.0461. The van der Waals surface area contributed by atoms with Gasteiger partial charge in [0.05, 0.1) is 13.2 Å². The van der Waals surface area contributed by atoms with Crippen LogP contribution in [0.25, 0.3) is 0 Å². The summed E-state index contributed by atoms with van der Waals surface area (Å²) in [6.45, 7) is 8.07. The van der Waals surface area contributed by atoms with Gasteiger partial charge in [-0.25, -0.2) is 0 Å². The second-order valence-electron chi connectivity index (χ2n) is 8.51. The van der Waals surface area contributed by atoms with Gasteiger partial charge in [0.25, 0.3) is 0 Å². The Balaban J connectivity index is 1.73. The Morgan fingerprint density at radius 3 is 2.88 bits per heavy atom. The van der Waals surface area contributed by atoms with Gasteiger partial charge in [-0.3, -0.25) is 4.90 Å². The van der Waals surface area contributed by atoms with E-state index in [1.165, 1.54) is 24.1 Å². The normalized spacial score (nSPS) is 47.4. The second-order valence-corrected chi connectivity index (χ2v) is 8.51. The van der Waals surface area contributed by atoms with Gasteiger partial charge >= 0.3 is 0 Å². The summed E-state index contributed by atoms with van der Waals surface area (Å²) in [6, 6.07) is 7.70. The maximum Gasteiger partial charge on any atom is 0.119 e. The summed E-state index contributed by atoms with van der Waals surface area (Å²) >= 11 is 0. The van der Waals surface area contributed by atoms with Gasteiger partial charge < -0.3 is 9.47 Å². The smallest absolute Gasteiger partial charge is 0.119 e. The van der Waals surface area contributed by atoms with Crippen LogP contribution in [-0.2, 0) is 11.2 Å². The highest BCUT2D eigenvalue weighted by atomic mass is 16.5. The van der Waals surface area contributed by atoms with Crippen LogP contribution < -0.4 is 4.74 Å². The van der Waals surface area contributed by atoms with Gasteiger partial charge in [-0.1, -0.05) is 19.1 Å². The average molecular weight is 325 g/mol. The summed E-state index contributed by atoms with van der Waals surface area (Å²) < 4.78 is 11.5. The zero-order valence-corrected chi connectivity index (χ0v) is 14.9. The Morgan fingerprint density at radius 1 is 1.33 bits per heavy atom. The van der Waals surface area contributed by atoms with Crippen LogP contribution >= 0.6 is 0 Å². The zero-order valence-electron chi connectivity index (χ0n) is 14.9. The van der Waals surface area contributed by atoms with Crippen molar-refractivity contribution in [2.45, 2.75) is 44.4 Å². The number of hydrogen-bond donors (Lipinski definition) is 0.